The average molecular weight is 464 g/mol. The summed E-state index contributed by atoms with van der Waals surface area (Å²) in [6, 6.07) is 7.62. The van der Waals surface area contributed by atoms with E-state index in [9.17, 15) is 14.4 Å². The quantitative estimate of drug-likeness (QED) is 0.580. The molecule has 10 heteroatoms. The molecule has 0 radical (unpaired) electrons. The van der Waals surface area contributed by atoms with Crippen molar-refractivity contribution in [1.29, 1.82) is 0 Å². The molecule has 1 aromatic heterocycles. The number of benzene rings is 1. The summed E-state index contributed by atoms with van der Waals surface area (Å²) < 4.78 is 10.2. The van der Waals surface area contributed by atoms with Gasteiger partial charge in [0.1, 0.15) is 10.8 Å². The summed E-state index contributed by atoms with van der Waals surface area (Å²) in [5, 5.41) is 3.28. The van der Waals surface area contributed by atoms with Crippen LogP contribution in [0.15, 0.2) is 29.2 Å². The number of hydrogen-bond donors (Lipinski definition) is 2. The average Bonchev–Trinajstić information content (AvgIpc) is 3.11. The minimum Gasteiger partial charge on any atom is -0.497 e. The first-order chi connectivity index (χ1) is 14.9. The molecule has 0 unspecified atom stereocenters. The number of carbonyl (C=O) groups excluding carboxylic acids is 3. The van der Waals surface area contributed by atoms with Crippen molar-refractivity contribution in [2.24, 2.45) is 5.73 Å². The van der Waals surface area contributed by atoms with Crippen molar-refractivity contribution < 1.29 is 23.9 Å². The van der Waals surface area contributed by atoms with Crippen LogP contribution in [-0.4, -0.2) is 48.8 Å². The molecule has 0 saturated carbocycles. The third kappa shape index (κ3) is 5.71. The summed E-state index contributed by atoms with van der Waals surface area (Å²) in [4.78, 5) is 40.0. The first-order valence-corrected chi connectivity index (χ1v) is 11.7. The molecule has 3 rings (SSSR count). The van der Waals surface area contributed by atoms with Gasteiger partial charge in [-0.25, -0.2) is 4.79 Å². The van der Waals surface area contributed by atoms with E-state index >= 15 is 0 Å². The Labute approximate surface area is 189 Å². The topological polar surface area (TPSA) is 111 Å². The second kappa shape index (κ2) is 10.5. The highest BCUT2D eigenvalue weighted by Gasteiger charge is 2.29. The molecule has 1 aromatic carbocycles. The summed E-state index contributed by atoms with van der Waals surface area (Å²) in [6.45, 7) is 2.83. The standard InChI is InChI=1S/C21H25N3O5S2/c1-3-29-21(27)24-10-8-15-16(12-24)31-20(18(15)19(22)26)23-17(25)9-11-30-14-6-4-13(28-2)5-7-14/h4-7H,3,8-12H2,1-2H3,(H2,22,26)(H,23,25). The van der Waals surface area contributed by atoms with Crippen LogP contribution in [0.1, 0.15) is 34.1 Å². The van der Waals surface area contributed by atoms with Crippen LogP contribution >= 0.6 is 23.1 Å². The molecule has 2 aromatic rings. The fraction of sp³-hybridized carbons (Fsp3) is 0.381. The predicted octanol–water partition coefficient (Wildman–Crippen LogP) is 3.49. The van der Waals surface area contributed by atoms with Gasteiger partial charge in [0.15, 0.2) is 0 Å². The minimum absolute atomic E-state index is 0.190. The van der Waals surface area contributed by atoms with Gasteiger partial charge in [-0.05, 0) is 43.2 Å². The third-order valence-electron chi connectivity index (χ3n) is 4.74. The van der Waals surface area contributed by atoms with E-state index in [1.165, 1.54) is 11.3 Å². The number of anilines is 1. The van der Waals surface area contributed by atoms with Crippen LogP contribution in [0, 0.1) is 0 Å². The zero-order valence-corrected chi connectivity index (χ0v) is 19.1. The van der Waals surface area contributed by atoms with Crippen molar-refractivity contribution in [3.05, 3.63) is 40.3 Å². The SMILES string of the molecule is CCOC(=O)N1CCc2c(sc(NC(=O)CCSc3ccc(OC)cc3)c2C(N)=O)C1. The lowest BCUT2D eigenvalue weighted by atomic mass is 10.0. The maximum Gasteiger partial charge on any atom is 0.410 e. The Hall–Kier alpha value is -2.72. The van der Waals surface area contributed by atoms with Gasteiger partial charge in [0.25, 0.3) is 5.91 Å². The fourth-order valence-electron chi connectivity index (χ4n) is 3.25. The summed E-state index contributed by atoms with van der Waals surface area (Å²) in [7, 11) is 1.61. The monoisotopic (exact) mass is 463 g/mol. The number of nitrogens with one attached hydrogen (secondary N) is 1. The summed E-state index contributed by atoms with van der Waals surface area (Å²) in [5.41, 5.74) is 6.75. The molecular formula is C21H25N3O5S2. The lowest BCUT2D eigenvalue weighted by Crippen LogP contribution is -2.36. The maximum atomic E-state index is 12.5. The Bertz CT molecular complexity index is 959. The Balaban J connectivity index is 1.62. The van der Waals surface area contributed by atoms with Crippen molar-refractivity contribution in [2.75, 3.05) is 31.3 Å². The van der Waals surface area contributed by atoms with Crippen LogP contribution in [0.4, 0.5) is 9.80 Å². The van der Waals surface area contributed by atoms with E-state index in [1.54, 1.807) is 30.7 Å². The number of carbonyl (C=O) groups is 3. The molecule has 0 fully saturated rings. The number of ether oxygens (including phenoxy) is 2. The van der Waals surface area contributed by atoms with Gasteiger partial charge < -0.3 is 25.4 Å². The highest BCUT2D eigenvalue weighted by atomic mass is 32.2. The van der Waals surface area contributed by atoms with Gasteiger partial charge in [0, 0.05) is 28.5 Å². The van der Waals surface area contributed by atoms with E-state index in [0.717, 1.165) is 21.1 Å². The van der Waals surface area contributed by atoms with Crippen LogP contribution in [0.3, 0.4) is 0 Å². The molecule has 2 heterocycles. The number of primary amides is 1. The molecule has 1 aliphatic rings. The molecule has 0 saturated heterocycles. The molecule has 0 spiro atoms. The Kier molecular flexibility index (Phi) is 7.80. The van der Waals surface area contributed by atoms with Crippen LogP contribution in [0.5, 0.6) is 5.75 Å². The van der Waals surface area contributed by atoms with E-state index in [2.05, 4.69) is 5.32 Å². The van der Waals surface area contributed by atoms with Gasteiger partial charge in [-0.15, -0.1) is 23.1 Å². The molecule has 8 nitrogen and oxygen atoms in total. The molecule has 0 bridgehead atoms. The Morgan fingerprint density at radius 3 is 2.65 bits per heavy atom. The molecule has 0 atom stereocenters. The van der Waals surface area contributed by atoms with E-state index in [1.807, 2.05) is 24.3 Å². The van der Waals surface area contributed by atoms with Gasteiger partial charge >= 0.3 is 6.09 Å². The number of fused-ring (bicyclic) bond motifs is 1. The molecule has 31 heavy (non-hydrogen) atoms. The highest BCUT2D eigenvalue weighted by Crippen LogP contribution is 2.37. The second-order valence-electron chi connectivity index (χ2n) is 6.76. The predicted molar refractivity (Wildman–Crippen MR) is 121 cm³/mol. The number of hydrogen-bond acceptors (Lipinski definition) is 7. The minimum atomic E-state index is -0.579. The van der Waals surface area contributed by atoms with Crippen LogP contribution < -0.4 is 15.8 Å². The summed E-state index contributed by atoms with van der Waals surface area (Å²) in [6.07, 6.45) is 0.391. The number of amides is 3. The molecule has 0 aliphatic carbocycles. The van der Waals surface area contributed by atoms with Crippen molar-refractivity contribution >= 4 is 46.0 Å². The Morgan fingerprint density at radius 2 is 2.00 bits per heavy atom. The largest absolute Gasteiger partial charge is 0.497 e. The van der Waals surface area contributed by atoms with Crippen LogP contribution in [0.2, 0.25) is 0 Å². The van der Waals surface area contributed by atoms with Gasteiger partial charge in [-0.3, -0.25) is 9.59 Å². The summed E-state index contributed by atoms with van der Waals surface area (Å²) >= 11 is 2.85. The lowest BCUT2D eigenvalue weighted by molar-refractivity contribution is -0.115. The third-order valence-corrected chi connectivity index (χ3v) is 6.89. The van der Waals surface area contributed by atoms with Crippen LogP contribution in [-0.2, 0) is 22.5 Å². The normalized spacial score (nSPS) is 12.8. The lowest BCUT2D eigenvalue weighted by Gasteiger charge is -2.26. The fourth-order valence-corrected chi connectivity index (χ4v) is 5.38. The molecule has 166 valence electrons. The zero-order valence-electron chi connectivity index (χ0n) is 17.4. The number of thioether (sulfide) groups is 1. The van der Waals surface area contributed by atoms with E-state index in [-0.39, 0.29) is 18.4 Å². The number of thiophene rings is 1. The molecule has 3 amide bonds. The number of nitrogens with zero attached hydrogens (tertiary/aromatic N) is 1. The summed E-state index contributed by atoms with van der Waals surface area (Å²) in [5.74, 6) is 0.602. The van der Waals surface area contributed by atoms with Crippen LogP contribution in [0.25, 0.3) is 0 Å². The first kappa shape index (κ1) is 23.0. The van der Waals surface area contributed by atoms with E-state index in [4.69, 9.17) is 15.2 Å². The van der Waals surface area contributed by atoms with Crippen molar-refractivity contribution in [2.45, 2.75) is 31.2 Å². The van der Waals surface area contributed by atoms with E-state index in [0.29, 0.717) is 42.4 Å². The number of nitrogens with two attached hydrogens (primary N) is 1. The zero-order chi connectivity index (χ0) is 22.4. The molecule has 3 N–H and O–H groups in total. The smallest absolute Gasteiger partial charge is 0.410 e. The number of rotatable bonds is 8. The highest BCUT2D eigenvalue weighted by molar-refractivity contribution is 7.99. The van der Waals surface area contributed by atoms with E-state index < -0.39 is 5.91 Å². The van der Waals surface area contributed by atoms with Crippen molar-refractivity contribution in [1.82, 2.24) is 4.90 Å². The second-order valence-corrected chi connectivity index (χ2v) is 9.04. The van der Waals surface area contributed by atoms with Gasteiger partial charge in [0.05, 0.1) is 25.8 Å². The molecule has 1 aliphatic heterocycles. The Morgan fingerprint density at radius 1 is 1.26 bits per heavy atom. The van der Waals surface area contributed by atoms with Crippen molar-refractivity contribution in [3.63, 3.8) is 0 Å². The maximum absolute atomic E-state index is 12.5. The number of methoxy groups -OCH3 is 1. The van der Waals surface area contributed by atoms with Gasteiger partial charge in [-0.1, -0.05) is 0 Å². The van der Waals surface area contributed by atoms with Gasteiger partial charge in [-0.2, -0.15) is 0 Å². The first-order valence-electron chi connectivity index (χ1n) is 9.85. The van der Waals surface area contributed by atoms with Gasteiger partial charge in [0.2, 0.25) is 5.91 Å². The van der Waals surface area contributed by atoms with Crippen molar-refractivity contribution in [3.8, 4) is 5.75 Å². The molecular weight excluding hydrogens is 438 g/mol.